The second kappa shape index (κ2) is 7.10. The highest BCUT2D eigenvalue weighted by Gasteiger charge is 2.02. The zero-order valence-corrected chi connectivity index (χ0v) is 13.7. The normalized spacial score (nSPS) is 12.6. The zero-order chi connectivity index (χ0) is 16.1. The van der Waals surface area contributed by atoms with Gasteiger partial charge in [0.2, 0.25) is 0 Å². The summed E-state index contributed by atoms with van der Waals surface area (Å²) in [4.78, 5) is 4.62. The molecule has 3 aromatic rings. The van der Waals surface area contributed by atoms with Crippen LogP contribution in [0.5, 0.6) is 0 Å². The van der Waals surface area contributed by atoms with Crippen LogP contribution in [0.25, 0.3) is 5.69 Å². The van der Waals surface area contributed by atoms with E-state index in [-0.39, 0.29) is 0 Å². The molecule has 0 bridgehead atoms. The Labute approximate surface area is 138 Å². The Balaban J connectivity index is 1.80. The van der Waals surface area contributed by atoms with Crippen LogP contribution >= 0.6 is 0 Å². The monoisotopic (exact) mass is 302 g/mol. The molecule has 0 saturated heterocycles. The minimum Gasteiger partial charge on any atom is -0.316 e. The number of benzene rings is 2. The van der Waals surface area contributed by atoms with Crippen LogP contribution in [-0.2, 0) is 0 Å². The summed E-state index contributed by atoms with van der Waals surface area (Å²) in [7, 11) is 0. The van der Waals surface area contributed by atoms with E-state index >= 15 is 0 Å². The molecule has 0 saturated carbocycles. The van der Waals surface area contributed by atoms with Crippen molar-refractivity contribution in [3.8, 4) is 5.69 Å². The molecule has 0 amide bonds. The smallest absolute Gasteiger partial charge is 0.0639 e. The number of aliphatic imine (C=N–C) groups is 1. The Morgan fingerprint density at radius 1 is 0.957 bits per heavy atom. The Morgan fingerprint density at radius 3 is 2.39 bits per heavy atom. The van der Waals surface area contributed by atoms with Crippen molar-refractivity contribution in [2.45, 2.75) is 26.2 Å². The first-order valence-corrected chi connectivity index (χ1v) is 8.14. The molecule has 23 heavy (non-hydrogen) atoms. The summed E-state index contributed by atoms with van der Waals surface area (Å²) in [5.74, 6) is 0.600. The molecule has 0 unspecified atom stereocenters. The quantitative estimate of drug-likeness (QED) is 0.535. The van der Waals surface area contributed by atoms with Gasteiger partial charge in [-0.05, 0) is 54.3 Å². The third-order valence-electron chi connectivity index (χ3n) is 4.24. The molecule has 116 valence electrons. The van der Waals surface area contributed by atoms with Gasteiger partial charge in [-0.15, -0.1) is 0 Å². The Hall–Kier alpha value is -2.61. The zero-order valence-electron chi connectivity index (χ0n) is 13.7. The van der Waals surface area contributed by atoms with Crippen LogP contribution in [0, 0.1) is 0 Å². The summed E-state index contributed by atoms with van der Waals surface area (Å²) < 4.78 is 2.14. The van der Waals surface area contributed by atoms with Crippen molar-refractivity contribution in [2.75, 3.05) is 0 Å². The lowest BCUT2D eigenvalue weighted by molar-refractivity contribution is 0.734. The SMILES string of the molecule is CC[C@@H](C)c1ccc(N=Cc2cccn2-c2ccccc2)cc1. The second-order valence-electron chi connectivity index (χ2n) is 5.80. The van der Waals surface area contributed by atoms with E-state index in [1.54, 1.807) is 0 Å². The van der Waals surface area contributed by atoms with Crippen LogP contribution in [0.1, 0.15) is 37.4 Å². The van der Waals surface area contributed by atoms with Crippen molar-refractivity contribution in [1.82, 2.24) is 4.57 Å². The Kier molecular flexibility index (Phi) is 4.72. The van der Waals surface area contributed by atoms with E-state index in [4.69, 9.17) is 0 Å². The molecular weight excluding hydrogens is 280 g/mol. The van der Waals surface area contributed by atoms with Gasteiger partial charge in [0.25, 0.3) is 0 Å². The first-order chi connectivity index (χ1) is 11.3. The molecule has 2 heteroatoms. The summed E-state index contributed by atoms with van der Waals surface area (Å²) >= 11 is 0. The van der Waals surface area contributed by atoms with Crippen LogP contribution in [0.2, 0.25) is 0 Å². The van der Waals surface area contributed by atoms with E-state index in [2.05, 4.69) is 72.1 Å². The minimum absolute atomic E-state index is 0.600. The average molecular weight is 302 g/mol. The number of rotatable bonds is 5. The van der Waals surface area contributed by atoms with Gasteiger partial charge in [0.15, 0.2) is 0 Å². The van der Waals surface area contributed by atoms with Crippen molar-refractivity contribution in [1.29, 1.82) is 0 Å². The fraction of sp³-hybridized carbons (Fsp3) is 0.190. The molecule has 3 rings (SSSR count). The van der Waals surface area contributed by atoms with Crippen molar-refractivity contribution < 1.29 is 0 Å². The molecule has 1 heterocycles. The fourth-order valence-electron chi connectivity index (χ4n) is 2.59. The summed E-state index contributed by atoms with van der Waals surface area (Å²) in [6.07, 6.45) is 5.14. The van der Waals surface area contributed by atoms with Gasteiger partial charge in [-0.3, -0.25) is 4.99 Å². The molecule has 0 N–H and O–H groups in total. The van der Waals surface area contributed by atoms with Gasteiger partial charge in [-0.25, -0.2) is 0 Å². The predicted octanol–water partition coefficient (Wildman–Crippen LogP) is 5.74. The summed E-state index contributed by atoms with van der Waals surface area (Å²) in [5.41, 5.74) is 4.57. The summed E-state index contributed by atoms with van der Waals surface area (Å²) in [6.45, 7) is 4.47. The van der Waals surface area contributed by atoms with Crippen LogP contribution in [-0.4, -0.2) is 10.8 Å². The largest absolute Gasteiger partial charge is 0.316 e. The fourth-order valence-corrected chi connectivity index (χ4v) is 2.59. The molecule has 2 nitrogen and oxygen atoms in total. The maximum atomic E-state index is 4.62. The topological polar surface area (TPSA) is 17.3 Å². The first kappa shape index (κ1) is 15.3. The lowest BCUT2D eigenvalue weighted by atomic mass is 9.99. The standard InChI is InChI=1S/C21H22N2/c1-3-17(2)18-11-13-19(14-12-18)22-16-21-10-7-15-23(21)20-8-5-4-6-9-20/h4-17H,3H2,1-2H3/t17-/m1/s1. The number of para-hydroxylation sites is 1. The predicted molar refractivity (Wildman–Crippen MR) is 98.2 cm³/mol. The maximum absolute atomic E-state index is 4.62. The van der Waals surface area contributed by atoms with Crippen LogP contribution in [0.3, 0.4) is 0 Å². The van der Waals surface area contributed by atoms with Crippen molar-refractivity contribution in [3.63, 3.8) is 0 Å². The Bertz CT molecular complexity index is 767. The molecule has 0 fully saturated rings. The van der Waals surface area contributed by atoms with E-state index in [1.807, 2.05) is 30.5 Å². The Morgan fingerprint density at radius 2 is 1.70 bits per heavy atom. The molecule has 0 aliphatic rings. The van der Waals surface area contributed by atoms with Crippen LogP contribution in [0.15, 0.2) is 77.9 Å². The highest BCUT2D eigenvalue weighted by molar-refractivity contribution is 5.81. The second-order valence-corrected chi connectivity index (χ2v) is 5.80. The number of aromatic nitrogens is 1. The lowest BCUT2D eigenvalue weighted by Gasteiger charge is -2.08. The minimum atomic E-state index is 0.600. The lowest BCUT2D eigenvalue weighted by Crippen LogP contribution is -1.97. The van der Waals surface area contributed by atoms with Crippen molar-refractivity contribution >= 4 is 11.9 Å². The molecule has 0 radical (unpaired) electrons. The molecule has 0 spiro atoms. The molecule has 0 aliphatic heterocycles. The van der Waals surface area contributed by atoms with Crippen molar-refractivity contribution in [3.05, 3.63) is 84.2 Å². The maximum Gasteiger partial charge on any atom is 0.0639 e. The summed E-state index contributed by atoms with van der Waals surface area (Å²) in [5, 5.41) is 0. The van der Waals surface area contributed by atoms with Gasteiger partial charge in [-0.1, -0.05) is 44.2 Å². The van der Waals surface area contributed by atoms with E-state index in [0.29, 0.717) is 5.92 Å². The highest BCUT2D eigenvalue weighted by Crippen LogP contribution is 2.22. The molecular formula is C21H22N2. The third-order valence-corrected chi connectivity index (χ3v) is 4.24. The number of hydrogen-bond acceptors (Lipinski definition) is 1. The molecule has 1 aromatic heterocycles. The van der Waals surface area contributed by atoms with Gasteiger partial charge in [0.05, 0.1) is 17.6 Å². The number of hydrogen-bond donors (Lipinski definition) is 0. The third kappa shape index (κ3) is 3.59. The molecule has 2 aromatic carbocycles. The molecule has 1 atom stereocenters. The van der Waals surface area contributed by atoms with E-state index in [1.165, 1.54) is 5.56 Å². The van der Waals surface area contributed by atoms with Gasteiger partial charge >= 0.3 is 0 Å². The average Bonchev–Trinajstić information content (AvgIpc) is 3.09. The van der Waals surface area contributed by atoms with Gasteiger partial charge in [0.1, 0.15) is 0 Å². The number of nitrogens with zero attached hydrogens (tertiary/aromatic N) is 2. The summed E-state index contributed by atoms with van der Waals surface area (Å²) in [6, 6.07) is 23.0. The van der Waals surface area contributed by atoms with Crippen LogP contribution < -0.4 is 0 Å². The first-order valence-electron chi connectivity index (χ1n) is 8.14. The van der Waals surface area contributed by atoms with Crippen LogP contribution in [0.4, 0.5) is 5.69 Å². The highest BCUT2D eigenvalue weighted by atomic mass is 15.0. The van der Waals surface area contributed by atoms with E-state index < -0.39 is 0 Å². The van der Waals surface area contributed by atoms with Gasteiger partial charge in [0, 0.05) is 11.9 Å². The van der Waals surface area contributed by atoms with Gasteiger partial charge in [-0.2, -0.15) is 0 Å². The van der Waals surface area contributed by atoms with E-state index in [0.717, 1.165) is 23.5 Å². The van der Waals surface area contributed by atoms with E-state index in [9.17, 15) is 0 Å². The van der Waals surface area contributed by atoms with Crippen molar-refractivity contribution in [2.24, 2.45) is 4.99 Å². The molecule has 0 aliphatic carbocycles. The van der Waals surface area contributed by atoms with Gasteiger partial charge < -0.3 is 4.57 Å².